The van der Waals surface area contributed by atoms with Crippen LogP contribution in [0.15, 0.2) is 0 Å². The Labute approximate surface area is 101 Å². The lowest BCUT2D eigenvalue weighted by atomic mass is 9.88. The standard InChI is InChI=1S/C14H28O2/c1-5-9-10-11-12-13(15)14(6-2,7-3)16-8-4/h5-12H2,1-4H3. The highest BCUT2D eigenvalue weighted by molar-refractivity contribution is 5.87. The average molecular weight is 228 g/mol. The van der Waals surface area contributed by atoms with Gasteiger partial charge in [-0.05, 0) is 26.2 Å². The molecule has 16 heavy (non-hydrogen) atoms. The first kappa shape index (κ1) is 15.6. The SMILES string of the molecule is CCCCCCC(=O)C(CC)(CC)OCC. The van der Waals surface area contributed by atoms with Crippen LogP contribution >= 0.6 is 0 Å². The summed E-state index contributed by atoms with van der Waals surface area (Å²) in [5, 5.41) is 0. The van der Waals surface area contributed by atoms with Gasteiger partial charge in [-0.15, -0.1) is 0 Å². The lowest BCUT2D eigenvalue weighted by Gasteiger charge is -2.30. The minimum atomic E-state index is -0.499. The van der Waals surface area contributed by atoms with Crippen molar-refractivity contribution >= 4 is 5.78 Å². The predicted molar refractivity (Wildman–Crippen MR) is 68.7 cm³/mol. The first-order chi connectivity index (χ1) is 7.66. The zero-order valence-electron chi connectivity index (χ0n) is 11.5. The van der Waals surface area contributed by atoms with Crippen LogP contribution in [0.25, 0.3) is 0 Å². The van der Waals surface area contributed by atoms with Crippen molar-refractivity contribution in [1.82, 2.24) is 0 Å². The molecular formula is C14H28O2. The van der Waals surface area contributed by atoms with Crippen molar-refractivity contribution in [3.8, 4) is 0 Å². The van der Waals surface area contributed by atoms with Gasteiger partial charge in [-0.25, -0.2) is 0 Å². The van der Waals surface area contributed by atoms with Crippen LogP contribution in [-0.2, 0) is 9.53 Å². The fourth-order valence-corrected chi connectivity index (χ4v) is 2.15. The van der Waals surface area contributed by atoms with E-state index in [0.29, 0.717) is 18.8 Å². The van der Waals surface area contributed by atoms with Gasteiger partial charge in [0, 0.05) is 13.0 Å². The molecule has 2 heteroatoms. The van der Waals surface area contributed by atoms with Crippen molar-refractivity contribution in [2.24, 2.45) is 0 Å². The lowest BCUT2D eigenvalue weighted by molar-refractivity contribution is -0.145. The summed E-state index contributed by atoms with van der Waals surface area (Å²) in [6, 6.07) is 0. The molecule has 2 nitrogen and oxygen atoms in total. The Morgan fingerprint density at radius 2 is 1.62 bits per heavy atom. The Hall–Kier alpha value is -0.370. The molecule has 0 aromatic heterocycles. The van der Waals surface area contributed by atoms with Gasteiger partial charge in [-0.1, -0.05) is 40.0 Å². The van der Waals surface area contributed by atoms with E-state index in [2.05, 4.69) is 6.92 Å². The molecule has 0 N–H and O–H groups in total. The number of hydrogen-bond donors (Lipinski definition) is 0. The summed E-state index contributed by atoms with van der Waals surface area (Å²) in [4.78, 5) is 12.2. The molecule has 0 fully saturated rings. The fourth-order valence-electron chi connectivity index (χ4n) is 2.15. The van der Waals surface area contributed by atoms with Crippen molar-refractivity contribution in [2.75, 3.05) is 6.61 Å². The van der Waals surface area contributed by atoms with E-state index < -0.39 is 5.60 Å². The Balaban J connectivity index is 4.16. The molecule has 0 amide bonds. The largest absolute Gasteiger partial charge is 0.368 e. The Morgan fingerprint density at radius 3 is 2.06 bits per heavy atom. The van der Waals surface area contributed by atoms with Crippen molar-refractivity contribution in [2.45, 2.75) is 78.2 Å². The first-order valence-electron chi connectivity index (χ1n) is 6.84. The maximum atomic E-state index is 12.2. The minimum Gasteiger partial charge on any atom is -0.368 e. The molecule has 0 saturated heterocycles. The zero-order chi connectivity index (χ0) is 12.4. The molecule has 0 atom stereocenters. The van der Waals surface area contributed by atoms with Gasteiger partial charge in [0.15, 0.2) is 5.78 Å². The van der Waals surface area contributed by atoms with Crippen LogP contribution in [0.3, 0.4) is 0 Å². The number of hydrogen-bond acceptors (Lipinski definition) is 2. The molecule has 0 aliphatic heterocycles. The number of ketones is 1. The van der Waals surface area contributed by atoms with Crippen molar-refractivity contribution in [1.29, 1.82) is 0 Å². The van der Waals surface area contributed by atoms with Crippen LogP contribution in [0.2, 0.25) is 0 Å². The predicted octanol–water partition coefficient (Wildman–Crippen LogP) is 4.12. The number of unbranched alkanes of at least 4 members (excludes halogenated alkanes) is 3. The maximum absolute atomic E-state index is 12.2. The highest BCUT2D eigenvalue weighted by Crippen LogP contribution is 2.24. The second-order valence-corrected chi connectivity index (χ2v) is 4.37. The third kappa shape index (κ3) is 4.65. The molecule has 0 aromatic carbocycles. The van der Waals surface area contributed by atoms with Crippen molar-refractivity contribution < 1.29 is 9.53 Å². The van der Waals surface area contributed by atoms with Crippen molar-refractivity contribution in [3.05, 3.63) is 0 Å². The van der Waals surface area contributed by atoms with E-state index in [0.717, 1.165) is 25.7 Å². The summed E-state index contributed by atoms with van der Waals surface area (Å²) in [6.07, 6.45) is 6.90. The molecule has 0 heterocycles. The highest BCUT2D eigenvalue weighted by atomic mass is 16.5. The number of ether oxygens (including phenoxy) is 1. The number of carbonyl (C=O) groups excluding carboxylic acids is 1. The number of rotatable bonds is 10. The molecule has 0 aromatic rings. The Bertz CT molecular complexity index is 183. The van der Waals surface area contributed by atoms with Gasteiger partial charge in [0.1, 0.15) is 5.60 Å². The summed E-state index contributed by atoms with van der Waals surface area (Å²) in [5.41, 5.74) is -0.499. The third-order valence-corrected chi connectivity index (χ3v) is 3.33. The highest BCUT2D eigenvalue weighted by Gasteiger charge is 2.34. The summed E-state index contributed by atoms with van der Waals surface area (Å²) < 4.78 is 5.70. The van der Waals surface area contributed by atoms with E-state index in [4.69, 9.17) is 4.74 Å². The quantitative estimate of drug-likeness (QED) is 0.526. The van der Waals surface area contributed by atoms with Crippen LogP contribution < -0.4 is 0 Å². The van der Waals surface area contributed by atoms with Gasteiger partial charge >= 0.3 is 0 Å². The number of carbonyl (C=O) groups is 1. The second kappa shape index (κ2) is 8.74. The lowest BCUT2D eigenvalue weighted by Crippen LogP contribution is -2.40. The van der Waals surface area contributed by atoms with Crippen LogP contribution in [0.5, 0.6) is 0 Å². The molecule has 96 valence electrons. The van der Waals surface area contributed by atoms with Crippen molar-refractivity contribution in [3.63, 3.8) is 0 Å². The fraction of sp³-hybridized carbons (Fsp3) is 0.929. The molecule has 0 aliphatic rings. The summed E-state index contributed by atoms with van der Waals surface area (Å²) in [7, 11) is 0. The van der Waals surface area contributed by atoms with Gasteiger partial charge in [0.05, 0.1) is 0 Å². The summed E-state index contributed by atoms with van der Waals surface area (Å²) >= 11 is 0. The van der Waals surface area contributed by atoms with E-state index >= 15 is 0 Å². The summed E-state index contributed by atoms with van der Waals surface area (Å²) in [6.45, 7) is 8.86. The van der Waals surface area contributed by atoms with Gasteiger partial charge in [-0.3, -0.25) is 4.79 Å². The van der Waals surface area contributed by atoms with E-state index in [1.807, 2.05) is 20.8 Å². The first-order valence-corrected chi connectivity index (χ1v) is 6.84. The second-order valence-electron chi connectivity index (χ2n) is 4.37. The van der Waals surface area contributed by atoms with Crippen LogP contribution in [-0.4, -0.2) is 18.0 Å². The molecule has 0 saturated carbocycles. The molecule has 0 radical (unpaired) electrons. The topological polar surface area (TPSA) is 26.3 Å². The summed E-state index contributed by atoms with van der Waals surface area (Å²) in [5.74, 6) is 0.301. The Morgan fingerprint density at radius 1 is 1.00 bits per heavy atom. The van der Waals surface area contributed by atoms with E-state index in [1.165, 1.54) is 12.8 Å². The smallest absolute Gasteiger partial charge is 0.164 e. The zero-order valence-corrected chi connectivity index (χ0v) is 11.5. The molecular weight excluding hydrogens is 200 g/mol. The molecule has 0 unspecified atom stereocenters. The molecule has 0 rings (SSSR count). The third-order valence-electron chi connectivity index (χ3n) is 3.33. The van der Waals surface area contributed by atoms with E-state index in [1.54, 1.807) is 0 Å². The monoisotopic (exact) mass is 228 g/mol. The maximum Gasteiger partial charge on any atom is 0.164 e. The van der Waals surface area contributed by atoms with Gasteiger partial charge in [0.2, 0.25) is 0 Å². The average Bonchev–Trinajstić information content (AvgIpc) is 2.31. The van der Waals surface area contributed by atoms with Gasteiger partial charge in [-0.2, -0.15) is 0 Å². The van der Waals surface area contributed by atoms with Crippen LogP contribution in [0.1, 0.15) is 72.6 Å². The minimum absolute atomic E-state index is 0.301. The van der Waals surface area contributed by atoms with Crippen LogP contribution in [0.4, 0.5) is 0 Å². The Kier molecular flexibility index (Phi) is 8.54. The van der Waals surface area contributed by atoms with E-state index in [-0.39, 0.29) is 0 Å². The van der Waals surface area contributed by atoms with Gasteiger partial charge in [0.25, 0.3) is 0 Å². The van der Waals surface area contributed by atoms with Gasteiger partial charge < -0.3 is 4.74 Å². The normalized spacial score (nSPS) is 11.8. The number of Topliss-reactive ketones (excluding diaryl/α,β-unsaturated/α-hetero) is 1. The molecule has 0 aliphatic carbocycles. The van der Waals surface area contributed by atoms with Crippen LogP contribution in [0, 0.1) is 0 Å². The molecule has 0 bridgehead atoms. The molecule has 0 spiro atoms. The van der Waals surface area contributed by atoms with E-state index in [9.17, 15) is 4.79 Å².